The molecule has 0 unspecified atom stereocenters. The van der Waals surface area contributed by atoms with Crippen LogP contribution >= 0.6 is 23.4 Å². The lowest BCUT2D eigenvalue weighted by molar-refractivity contribution is -0.115. The Bertz CT molecular complexity index is 922. The summed E-state index contributed by atoms with van der Waals surface area (Å²) in [5.41, 5.74) is 3.78. The molecule has 1 heterocycles. The van der Waals surface area contributed by atoms with Crippen molar-refractivity contribution in [2.75, 3.05) is 5.32 Å². The van der Waals surface area contributed by atoms with Crippen molar-refractivity contribution in [2.45, 2.75) is 31.2 Å². The highest BCUT2D eigenvalue weighted by Crippen LogP contribution is 2.28. The van der Waals surface area contributed by atoms with Crippen molar-refractivity contribution in [3.63, 3.8) is 0 Å². The second kappa shape index (κ2) is 7.93. The molecule has 26 heavy (non-hydrogen) atoms. The minimum Gasteiger partial charge on any atom is -0.411 e. The number of hydrogen-bond donors (Lipinski definition) is 1. The third-order valence-corrected chi connectivity index (χ3v) is 4.78. The molecule has 0 fully saturated rings. The first kappa shape index (κ1) is 18.5. The fraction of sp³-hybridized carbons (Fsp3) is 0.211. The van der Waals surface area contributed by atoms with Gasteiger partial charge in [0, 0.05) is 16.3 Å². The molecule has 2 aromatic carbocycles. The average Bonchev–Trinajstić information content (AvgIpc) is 3.02. The maximum atomic E-state index is 12.3. The number of carbonyl (C=O) groups excluding carboxylic acids is 1. The second-order valence-corrected chi connectivity index (χ2v) is 7.74. The third kappa shape index (κ3) is 4.65. The van der Waals surface area contributed by atoms with E-state index in [1.54, 1.807) is 31.2 Å². The fourth-order valence-corrected chi connectivity index (χ4v) is 3.36. The Balaban J connectivity index is 1.67. The number of hydrogen-bond acceptors (Lipinski definition) is 5. The molecule has 1 N–H and O–H groups in total. The second-order valence-electron chi connectivity index (χ2n) is 6.01. The Kier molecular flexibility index (Phi) is 5.64. The highest BCUT2D eigenvalue weighted by molar-refractivity contribution is 8.00. The highest BCUT2D eigenvalue weighted by atomic mass is 35.5. The Morgan fingerprint density at radius 2 is 1.88 bits per heavy atom. The minimum absolute atomic E-state index is 0.164. The zero-order chi connectivity index (χ0) is 18.7. The van der Waals surface area contributed by atoms with Crippen molar-refractivity contribution in [1.29, 1.82) is 0 Å². The molecule has 134 valence electrons. The number of thioether (sulfide) groups is 1. The number of rotatable bonds is 5. The zero-order valence-electron chi connectivity index (χ0n) is 14.6. The first-order valence-corrected chi connectivity index (χ1v) is 9.32. The van der Waals surface area contributed by atoms with E-state index in [2.05, 4.69) is 21.6 Å². The van der Waals surface area contributed by atoms with E-state index in [0.29, 0.717) is 21.8 Å². The molecular weight excluding hydrogens is 370 g/mol. The molecule has 7 heteroatoms. The molecule has 3 aromatic rings. The van der Waals surface area contributed by atoms with Crippen LogP contribution in [0.5, 0.6) is 0 Å². The number of nitrogens with zero attached hydrogens (tertiary/aromatic N) is 2. The summed E-state index contributed by atoms with van der Waals surface area (Å²) < 4.78 is 5.71. The molecule has 1 amide bonds. The van der Waals surface area contributed by atoms with Gasteiger partial charge in [-0.2, -0.15) is 0 Å². The van der Waals surface area contributed by atoms with E-state index in [1.807, 2.05) is 26.0 Å². The highest BCUT2D eigenvalue weighted by Gasteiger charge is 2.19. The summed E-state index contributed by atoms with van der Waals surface area (Å²) in [7, 11) is 0. The predicted octanol–water partition coefficient (Wildman–Crippen LogP) is 5.13. The largest absolute Gasteiger partial charge is 0.411 e. The third-order valence-electron chi connectivity index (χ3n) is 3.61. The van der Waals surface area contributed by atoms with E-state index >= 15 is 0 Å². The number of carbonyl (C=O) groups is 1. The smallest absolute Gasteiger partial charge is 0.277 e. The van der Waals surface area contributed by atoms with Crippen molar-refractivity contribution < 1.29 is 9.21 Å². The molecule has 0 saturated carbocycles. The predicted molar refractivity (Wildman–Crippen MR) is 105 cm³/mol. The van der Waals surface area contributed by atoms with Gasteiger partial charge >= 0.3 is 0 Å². The number of aryl methyl sites for hydroxylation is 2. The van der Waals surface area contributed by atoms with Gasteiger partial charge in [-0.25, -0.2) is 0 Å². The van der Waals surface area contributed by atoms with E-state index in [4.69, 9.17) is 16.0 Å². The summed E-state index contributed by atoms with van der Waals surface area (Å²) in [6.07, 6.45) is 0. The summed E-state index contributed by atoms with van der Waals surface area (Å²) in [4.78, 5) is 12.3. The van der Waals surface area contributed by atoms with Gasteiger partial charge in [0.25, 0.3) is 5.22 Å². The Labute approximate surface area is 161 Å². The maximum Gasteiger partial charge on any atom is 0.277 e. The number of halogens is 1. The number of benzene rings is 2. The van der Waals surface area contributed by atoms with Crippen LogP contribution in [0.15, 0.2) is 52.1 Å². The first-order chi connectivity index (χ1) is 12.4. The van der Waals surface area contributed by atoms with Crippen LogP contribution in [0.25, 0.3) is 11.5 Å². The van der Waals surface area contributed by atoms with Crippen molar-refractivity contribution in [3.05, 3.63) is 58.6 Å². The molecule has 0 spiro atoms. The lowest BCUT2D eigenvalue weighted by Gasteiger charge is -2.10. The Hall–Kier alpha value is -2.31. The van der Waals surface area contributed by atoms with Gasteiger partial charge in [-0.05, 0) is 51.1 Å². The Morgan fingerprint density at radius 1 is 1.15 bits per heavy atom. The van der Waals surface area contributed by atoms with Crippen LogP contribution in [-0.4, -0.2) is 21.4 Å². The lowest BCUT2D eigenvalue weighted by atomic mass is 10.1. The number of anilines is 1. The summed E-state index contributed by atoms with van der Waals surface area (Å²) in [5, 5.41) is 11.5. The van der Waals surface area contributed by atoms with Crippen LogP contribution < -0.4 is 5.32 Å². The van der Waals surface area contributed by atoms with E-state index < -0.39 is 5.25 Å². The van der Waals surface area contributed by atoms with Crippen LogP contribution in [0, 0.1) is 13.8 Å². The first-order valence-electron chi connectivity index (χ1n) is 8.06. The lowest BCUT2D eigenvalue weighted by Crippen LogP contribution is -2.22. The van der Waals surface area contributed by atoms with Crippen molar-refractivity contribution in [1.82, 2.24) is 10.2 Å². The van der Waals surface area contributed by atoms with E-state index in [-0.39, 0.29) is 5.91 Å². The molecule has 0 saturated heterocycles. The summed E-state index contributed by atoms with van der Waals surface area (Å²) in [6.45, 7) is 5.82. The van der Waals surface area contributed by atoms with Gasteiger partial charge in [-0.3, -0.25) is 4.79 Å². The normalized spacial score (nSPS) is 12.0. The van der Waals surface area contributed by atoms with Crippen LogP contribution in [0.2, 0.25) is 5.02 Å². The monoisotopic (exact) mass is 387 g/mol. The van der Waals surface area contributed by atoms with E-state index in [9.17, 15) is 4.79 Å². The van der Waals surface area contributed by atoms with Gasteiger partial charge < -0.3 is 9.73 Å². The summed E-state index contributed by atoms with van der Waals surface area (Å²) in [5.74, 6) is 0.283. The van der Waals surface area contributed by atoms with E-state index in [1.165, 1.54) is 11.8 Å². The number of amides is 1. The average molecular weight is 388 g/mol. The van der Waals surface area contributed by atoms with Gasteiger partial charge in [0.15, 0.2) is 0 Å². The molecule has 0 bridgehead atoms. The summed E-state index contributed by atoms with van der Waals surface area (Å²) >= 11 is 7.14. The zero-order valence-corrected chi connectivity index (χ0v) is 16.2. The molecule has 5 nitrogen and oxygen atoms in total. The van der Waals surface area contributed by atoms with Crippen LogP contribution in [0.1, 0.15) is 18.1 Å². The minimum atomic E-state index is -0.401. The van der Waals surface area contributed by atoms with Crippen LogP contribution in [0.4, 0.5) is 5.69 Å². The van der Waals surface area contributed by atoms with Gasteiger partial charge in [0.05, 0.1) is 5.25 Å². The summed E-state index contributed by atoms with van der Waals surface area (Å²) in [6, 6.07) is 13.1. The maximum absolute atomic E-state index is 12.3. The number of nitrogens with one attached hydrogen (secondary N) is 1. The topological polar surface area (TPSA) is 68.0 Å². The fourth-order valence-electron chi connectivity index (χ4n) is 2.49. The van der Waals surface area contributed by atoms with Gasteiger partial charge in [-0.15, -0.1) is 10.2 Å². The molecule has 3 rings (SSSR count). The standard InChI is InChI=1S/C19H18ClN3O2S/c1-11-7-12(2)9-14(8-11)18-22-23-19(25-18)26-13(3)17(24)21-16-6-4-5-15(20)10-16/h4-10,13H,1-3H3,(H,21,24)/t13-/m1/s1. The molecule has 1 atom stereocenters. The molecule has 0 aliphatic carbocycles. The molecule has 0 aliphatic heterocycles. The van der Waals surface area contributed by atoms with Gasteiger partial charge in [0.2, 0.25) is 11.8 Å². The van der Waals surface area contributed by atoms with Gasteiger partial charge in [-0.1, -0.05) is 46.6 Å². The SMILES string of the molecule is Cc1cc(C)cc(-c2nnc(S[C@H](C)C(=O)Nc3cccc(Cl)c3)o2)c1. The van der Waals surface area contributed by atoms with Crippen LogP contribution in [0.3, 0.4) is 0 Å². The van der Waals surface area contributed by atoms with Crippen molar-refractivity contribution in [3.8, 4) is 11.5 Å². The molecule has 0 radical (unpaired) electrons. The quantitative estimate of drug-likeness (QED) is 0.615. The number of aromatic nitrogens is 2. The Morgan fingerprint density at radius 3 is 2.58 bits per heavy atom. The van der Waals surface area contributed by atoms with E-state index in [0.717, 1.165) is 16.7 Å². The van der Waals surface area contributed by atoms with Gasteiger partial charge in [0.1, 0.15) is 0 Å². The molecule has 1 aromatic heterocycles. The van der Waals surface area contributed by atoms with Crippen molar-refractivity contribution in [2.24, 2.45) is 0 Å². The van der Waals surface area contributed by atoms with Crippen molar-refractivity contribution >= 4 is 35.0 Å². The van der Waals surface area contributed by atoms with Crippen LogP contribution in [-0.2, 0) is 4.79 Å². The molecular formula is C19H18ClN3O2S. The molecule has 0 aliphatic rings.